The summed E-state index contributed by atoms with van der Waals surface area (Å²) < 4.78 is 1.03. The molecule has 21 heavy (non-hydrogen) atoms. The molecule has 1 aliphatic carbocycles. The molecule has 3 nitrogen and oxygen atoms in total. The number of thioether (sulfide) groups is 1. The van der Waals surface area contributed by atoms with Crippen LogP contribution in [-0.2, 0) is 4.79 Å². The summed E-state index contributed by atoms with van der Waals surface area (Å²) in [6.07, 6.45) is 3.79. The van der Waals surface area contributed by atoms with Crippen LogP contribution in [0.5, 0.6) is 0 Å². The Morgan fingerprint density at radius 1 is 1.48 bits per heavy atom. The standard InChI is InChI=1S/C16H22BrNO2S/c1-12-3-2-8-16(20,9-12)11-18-15(19)10-21-14-6-4-13(17)5-7-14/h4-7,12,20H,2-3,8-11H2,1H3,(H,18,19). The van der Waals surface area contributed by atoms with Gasteiger partial charge in [-0.2, -0.15) is 0 Å². The van der Waals surface area contributed by atoms with Gasteiger partial charge in [0.25, 0.3) is 0 Å². The van der Waals surface area contributed by atoms with E-state index in [9.17, 15) is 9.90 Å². The van der Waals surface area contributed by atoms with E-state index in [-0.39, 0.29) is 5.91 Å². The lowest BCUT2D eigenvalue weighted by atomic mass is 9.79. The molecule has 5 heteroatoms. The van der Waals surface area contributed by atoms with Gasteiger partial charge < -0.3 is 10.4 Å². The van der Waals surface area contributed by atoms with Crippen molar-refractivity contribution in [3.8, 4) is 0 Å². The first-order valence-corrected chi connectivity index (χ1v) is 9.12. The largest absolute Gasteiger partial charge is 0.388 e. The van der Waals surface area contributed by atoms with Crippen LogP contribution in [0.1, 0.15) is 32.6 Å². The molecule has 0 saturated heterocycles. The van der Waals surface area contributed by atoms with Crippen molar-refractivity contribution in [2.45, 2.75) is 43.1 Å². The minimum Gasteiger partial charge on any atom is -0.388 e. The zero-order valence-electron chi connectivity index (χ0n) is 12.3. The van der Waals surface area contributed by atoms with Crippen molar-refractivity contribution >= 4 is 33.6 Å². The van der Waals surface area contributed by atoms with Crippen molar-refractivity contribution in [3.05, 3.63) is 28.7 Å². The molecule has 1 aliphatic rings. The Morgan fingerprint density at radius 2 is 2.19 bits per heavy atom. The minimum absolute atomic E-state index is 0.0189. The van der Waals surface area contributed by atoms with E-state index < -0.39 is 5.60 Å². The lowest BCUT2D eigenvalue weighted by molar-refractivity contribution is -0.120. The zero-order valence-corrected chi connectivity index (χ0v) is 14.7. The molecule has 2 rings (SSSR count). The molecular formula is C16H22BrNO2S. The van der Waals surface area contributed by atoms with Crippen LogP contribution in [0.15, 0.2) is 33.6 Å². The number of rotatable bonds is 5. The second-order valence-electron chi connectivity index (χ2n) is 5.95. The predicted octanol–water partition coefficient (Wildman–Crippen LogP) is 3.60. The van der Waals surface area contributed by atoms with Gasteiger partial charge in [-0.3, -0.25) is 4.79 Å². The molecule has 1 aromatic rings. The first kappa shape index (κ1) is 16.8. The maximum Gasteiger partial charge on any atom is 0.230 e. The van der Waals surface area contributed by atoms with Crippen LogP contribution in [0.3, 0.4) is 0 Å². The SMILES string of the molecule is CC1CCCC(O)(CNC(=O)CSc2ccc(Br)cc2)C1. The Hall–Kier alpha value is -0.520. The summed E-state index contributed by atoms with van der Waals surface area (Å²) in [5.74, 6) is 0.903. The molecule has 0 aromatic heterocycles. The van der Waals surface area contributed by atoms with E-state index in [1.807, 2.05) is 24.3 Å². The Bertz CT molecular complexity index is 480. The van der Waals surface area contributed by atoms with Crippen LogP contribution in [0.25, 0.3) is 0 Å². The topological polar surface area (TPSA) is 49.3 Å². The fraction of sp³-hybridized carbons (Fsp3) is 0.562. The summed E-state index contributed by atoms with van der Waals surface area (Å²) in [7, 11) is 0. The van der Waals surface area contributed by atoms with E-state index in [0.29, 0.717) is 18.2 Å². The van der Waals surface area contributed by atoms with Crippen LogP contribution in [0, 0.1) is 5.92 Å². The summed E-state index contributed by atoms with van der Waals surface area (Å²) in [5, 5.41) is 13.4. The van der Waals surface area contributed by atoms with Crippen LogP contribution in [0.2, 0.25) is 0 Å². The van der Waals surface area contributed by atoms with E-state index in [0.717, 1.165) is 28.6 Å². The Labute approximate surface area is 139 Å². The zero-order chi connectivity index (χ0) is 15.3. The molecule has 0 aliphatic heterocycles. The molecule has 0 bridgehead atoms. The summed E-state index contributed by atoms with van der Waals surface area (Å²) in [6, 6.07) is 7.90. The van der Waals surface area contributed by atoms with Gasteiger partial charge in [0, 0.05) is 15.9 Å². The summed E-state index contributed by atoms with van der Waals surface area (Å²) in [5.41, 5.74) is -0.713. The third-order valence-electron chi connectivity index (χ3n) is 3.87. The monoisotopic (exact) mass is 371 g/mol. The molecule has 2 unspecified atom stereocenters. The number of nitrogens with one attached hydrogen (secondary N) is 1. The van der Waals surface area contributed by atoms with E-state index in [2.05, 4.69) is 28.2 Å². The lowest BCUT2D eigenvalue weighted by Crippen LogP contribution is -2.46. The molecule has 116 valence electrons. The van der Waals surface area contributed by atoms with Crippen molar-refractivity contribution < 1.29 is 9.90 Å². The van der Waals surface area contributed by atoms with Gasteiger partial charge in [-0.1, -0.05) is 35.7 Å². The minimum atomic E-state index is -0.713. The number of benzene rings is 1. The average molecular weight is 372 g/mol. The quantitative estimate of drug-likeness (QED) is 0.777. The van der Waals surface area contributed by atoms with Crippen molar-refractivity contribution in [2.75, 3.05) is 12.3 Å². The van der Waals surface area contributed by atoms with Crippen molar-refractivity contribution in [1.29, 1.82) is 0 Å². The highest BCUT2D eigenvalue weighted by Crippen LogP contribution is 2.31. The average Bonchev–Trinajstić information content (AvgIpc) is 2.44. The van der Waals surface area contributed by atoms with Gasteiger partial charge >= 0.3 is 0 Å². The fourth-order valence-corrected chi connectivity index (χ4v) is 3.78. The predicted molar refractivity (Wildman–Crippen MR) is 90.5 cm³/mol. The highest BCUT2D eigenvalue weighted by molar-refractivity contribution is 9.10. The molecule has 1 aromatic carbocycles. The van der Waals surface area contributed by atoms with E-state index in [1.165, 1.54) is 18.2 Å². The first-order valence-electron chi connectivity index (χ1n) is 7.34. The maximum atomic E-state index is 11.9. The number of carbonyl (C=O) groups excluding carboxylic acids is 1. The number of carbonyl (C=O) groups is 1. The molecule has 1 amide bonds. The molecule has 1 fully saturated rings. The third-order valence-corrected chi connectivity index (χ3v) is 5.41. The molecule has 0 heterocycles. The van der Waals surface area contributed by atoms with Crippen molar-refractivity contribution in [3.63, 3.8) is 0 Å². The second kappa shape index (κ2) is 7.65. The number of hydrogen-bond donors (Lipinski definition) is 2. The van der Waals surface area contributed by atoms with Crippen LogP contribution < -0.4 is 5.32 Å². The number of amides is 1. The molecule has 0 spiro atoms. The Kier molecular flexibility index (Phi) is 6.14. The van der Waals surface area contributed by atoms with Crippen molar-refractivity contribution in [1.82, 2.24) is 5.32 Å². The fourth-order valence-electron chi connectivity index (χ4n) is 2.79. The lowest BCUT2D eigenvalue weighted by Gasteiger charge is -2.35. The number of halogens is 1. The number of hydrogen-bond acceptors (Lipinski definition) is 3. The van der Waals surface area contributed by atoms with Gasteiger partial charge in [0.1, 0.15) is 0 Å². The first-order chi connectivity index (χ1) is 9.97. The highest BCUT2D eigenvalue weighted by atomic mass is 79.9. The normalized spacial score (nSPS) is 25.6. The number of aliphatic hydroxyl groups is 1. The van der Waals surface area contributed by atoms with Gasteiger partial charge in [0.15, 0.2) is 0 Å². The molecule has 0 radical (unpaired) electrons. The smallest absolute Gasteiger partial charge is 0.230 e. The van der Waals surface area contributed by atoms with Gasteiger partial charge in [0.2, 0.25) is 5.91 Å². The van der Waals surface area contributed by atoms with Gasteiger partial charge in [-0.05, 0) is 43.0 Å². The second-order valence-corrected chi connectivity index (χ2v) is 7.91. The Balaban J connectivity index is 1.73. The Morgan fingerprint density at radius 3 is 2.86 bits per heavy atom. The summed E-state index contributed by atoms with van der Waals surface area (Å²) in [4.78, 5) is 13.0. The molecular weight excluding hydrogens is 350 g/mol. The van der Waals surface area contributed by atoms with Crippen LogP contribution in [-0.4, -0.2) is 28.9 Å². The third kappa shape index (κ3) is 5.64. The summed E-state index contributed by atoms with van der Waals surface area (Å²) in [6.45, 7) is 2.53. The summed E-state index contributed by atoms with van der Waals surface area (Å²) >= 11 is 4.90. The van der Waals surface area contributed by atoms with E-state index >= 15 is 0 Å². The van der Waals surface area contributed by atoms with Crippen LogP contribution in [0.4, 0.5) is 0 Å². The highest BCUT2D eigenvalue weighted by Gasteiger charge is 2.32. The van der Waals surface area contributed by atoms with Crippen LogP contribution >= 0.6 is 27.7 Å². The van der Waals surface area contributed by atoms with Crippen molar-refractivity contribution in [2.24, 2.45) is 5.92 Å². The molecule has 1 saturated carbocycles. The van der Waals surface area contributed by atoms with E-state index in [4.69, 9.17) is 0 Å². The molecule has 2 atom stereocenters. The molecule has 2 N–H and O–H groups in total. The van der Waals surface area contributed by atoms with E-state index in [1.54, 1.807) is 0 Å². The van der Waals surface area contributed by atoms with Gasteiger partial charge in [0.05, 0.1) is 11.4 Å². The van der Waals surface area contributed by atoms with Gasteiger partial charge in [-0.25, -0.2) is 0 Å². The van der Waals surface area contributed by atoms with Gasteiger partial charge in [-0.15, -0.1) is 11.8 Å². The maximum absolute atomic E-state index is 11.9.